The number of aromatic nitrogens is 1. The Balaban J connectivity index is 1.34. The van der Waals surface area contributed by atoms with Crippen LogP contribution in [0.3, 0.4) is 0 Å². The second kappa shape index (κ2) is 7.89. The highest BCUT2D eigenvalue weighted by molar-refractivity contribution is 7.27. The smallest absolute Gasteiger partial charge is 0.0554 e. The van der Waals surface area contributed by atoms with Crippen molar-refractivity contribution < 1.29 is 0 Å². The van der Waals surface area contributed by atoms with E-state index in [1.807, 2.05) is 22.7 Å². The van der Waals surface area contributed by atoms with Gasteiger partial charge in [-0.2, -0.15) is 0 Å². The van der Waals surface area contributed by atoms with Crippen LogP contribution in [-0.4, -0.2) is 4.57 Å². The van der Waals surface area contributed by atoms with Crippen molar-refractivity contribution >= 4 is 106 Å². The maximum atomic E-state index is 2.59. The predicted molar refractivity (Wildman–Crippen MR) is 197 cm³/mol. The van der Waals surface area contributed by atoms with Crippen molar-refractivity contribution in [1.29, 1.82) is 0 Å². The van der Waals surface area contributed by atoms with Gasteiger partial charge in [0.2, 0.25) is 0 Å². The van der Waals surface area contributed by atoms with E-state index >= 15 is 0 Å². The van der Waals surface area contributed by atoms with Gasteiger partial charge in [-0.25, -0.2) is 0 Å². The third-order valence-electron chi connectivity index (χ3n) is 10.3. The predicted octanol–water partition coefficient (Wildman–Crippen LogP) is 12.9. The molecule has 3 aromatic heterocycles. The fourth-order valence-corrected chi connectivity index (χ4v) is 10.9. The minimum atomic E-state index is 1.25. The first-order valence-corrected chi connectivity index (χ1v) is 17.1. The van der Waals surface area contributed by atoms with Crippen LogP contribution >= 0.6 is 22.7 Å². The van der Waals surface area contributed by atoms with E-state index in [4.69, 9.17) is 0 Å². The van der Waals surface area contributed by atoms with Gasteiger partial charge in [0.1, 0.15) is 0 Å². The summed E-state index contributed by atoms with van der Waals surface area (Å²) in [6.45, 7) is 0. The molecule has 45 heavy (non-hydrogen) atoms. The SMILES string of the molecule is c1ccc2c(c1)-c1cccc3c(-n4c5cc6c7ccccc7sc6c6ccc7c8sc9ccccc9c8cc4c7c65)ccc-2c13. The highest BCUT2D eigenvalue weighted by atomic mass is 32.1. The summed E-state index contributed by atoms with van der Waals surface area (Å²) < 4.78 is 8.06. The summed E-state index contributed by atoms with van der Waals surface area (Å²) >= 11 is 3.86. The van der Waals surface area contributed by atoms with E-state index in [9.17, 15) is 0 Å². The Morgan fingerprint density at radius 3 is 1.49 bits per heavy atom. The van der Waals surface area contributed by atoms with Crippen LogP contribution in [0.5, 0.6) is 0 Å². The third-order valence-corrected chi connectivity index (χ3v) is 12.7. The summed E-state index contributed by atoms with van der Waals surface area (Å²) in [7, 11) is 0. The number of hydrogen-bond donors (Lipinski definition) is 0. The molecule has 0 aliphatic heterocycles. The van der Waals surface area contributed by atoms with Gasteiger partial charge in [-0.1, -0.05) is 97.1 Å². The van der Waals surface area contributed by atoms with Gasteiger partial charge in [-0.15, -0.1) is 22.7 Å². The largest absolute Gasteiger partial charge is 0.309 e. The summed E-state index contributed by atoms with van der Waals surface area (Å²) in [5.41, 5.74) is 9.18. The van der Waals surface area contributed by atoms with Gasteiger partial charge >= 0.3 is 0 Å². The highest BCUT2D eigenvalue weighted by Crippen LogP contribution is 2.52. The second-order valence-corrected chi connectivity index (χ2v) is 14.5. The van der Waals surface area contributed by atoms with E-state index in [0.29, 0.717) is 0 Å². The molecule has 0 N–H and O–H groups in total. The topological polar surface area (TPSA) is 4.93 Å². The van der Waals surface area contributed by atoms with Crippen LogP contribution in [0.25, 0.3) is 112 Å². The number of fused-ring (bicyclic) bond motifs is 11. The molecule has 0 saturated heterocycles. The molecule has 8 aromatic carbocycles. The Hall–Kier alpha value is -5.22. The molecule has 0 spiro atoms. The minimum absolute atomic E-state index is 1.25. The van der Waals surface area contributed by atoms with Crippen LogP contribution in [0.2, 0.25) is 0 Å². The lowest BCUT2D eigenvalue weighted by atomic mass is 9.98. The third kappa shape index (κ3) is 2.68. The quantitative estimate of drug-likeness (QED) is 0.165. The lowest BCUT2D eigenvalue weighted by molar-refractivity contribution is 1.20. The summed E-state index contributed by atoms with van der Waals surface area (Å²) in [6, 6.07) is 48.0. The minimum Gasteiger partial charge on any atom is -0.309 e. The molecule has 0 unspecified atom stereocenters. The van der Waals surface area contributed by atoms with E-state index in [0.717, 1.165) is 0 Å². The molecule has 0 radical (unpaired) electrons. The van der Waals surface area contributed by atoms with Crippen molar-refractivity contribution in [3.63, 3.8) is 0 Å². The monoisotopic (exact) mass is 603 g/mol. The van der Waals surface area contributed by atoms with Crippen molar-refractivity contribution in [2.75, 3.05) is 0 Å². The molecule has 0 atom stereocenters. The molecule has 206 valence electrons. The summed E-state index contributed by atoms with van der Waals surface area (Å²) in [5.74, 6) is 0. The Kier molecular flexibility index (Phi) is 4.07. The first-order chi connectivity index (χ1) is 22.3. The number of benzene rings is 8. The van der Waals surface area contributed by atoms with E-state index in [1.165, 1.54) is 112 Å². The van der Waals surface area contributed by atoms with E-state index in [2.05, 4.69) is 132 Å². The average molecular weight is 604 g/mol. The lowest BCUT2D eigenvalue weighted by Crippen LogP contribution is -1.96. The lowest BCUT2D eigenvalue weighted by Gasteiger charge is -2.14. The molecule has 11 aromatic rings. The highest BCUT2D eigenvalue weighted by Gasteiger charge is 2.26. The fraction of sp³-hybridized carbons (Fsp3) is 0. The van der Waals surface area contributed by atoms with Crippen molar-refractivity contribution in [2.45, 2.75) is 0 Å². The molecule has 12 rings (SSSR count). The van der Waals surface area contributed by atoms with Crippen LogP contribution in [0, 0.1) is 0 Å². The van der Waals surface area contributed by atoms with Gasteiger partial charge in [0.15, 0.2) is 0 Å². The molecule has 1 nitrogen and oxygen atoms in total. The van der Waals surface area contributed by atoms with Crippen molar-refractivity contribution in [2.24, 2.45) is 0 Å². The number of hydrogen-bond acceptors (Lipinski definition) is 2. The molecule has 1 aliphatic carbocycles. The zero-order valence-electron chi connectivity index (χ0n) is 23.9. The first-order valence-electron chi connectivity index (χ1n) is 15.4. The Bertz CT molecular complexity index is 2920. The molecule has 0 fully saturated rings. The maximum Gasteiger partial charge on any atom is 0.0554 e. The summed E-state index contributed by atoms with van der Waals surface area (Å²) in [6.07, 6.45) is 0. The summed E-state index contributed by atoms with van der Waals surface area (Å²) in [4.78, 5) is 0. The Labute approximate surface area is 265 Å². The van der Waals surface area contributed by atoms with Gasteiger partial charge in [0.25, 0.3) is 0 Å². The van der Waals surface area contributed by atoms with Crippen molar-refractivity contribution in [3.8, 4) is 27.9 Å². The summed E-state index contributed by atoms with van der Waals surface area (Å²) in [5, 5.41) is 13.5. The molecular weight excluding hydrogens is 583 g/mol. The number of rotatable bonds is 1. The molecule has 0 saturated carbocycles. The zero-order chi connectivity index (χ0) is 29.0. The second-order valence-electron chi connectivity index (χ2n) is 12.4. The van der Waals surface area contributed by atoms with Crippen LogP contribution < -0.4 is 0 Å². The Morgan fingerprint density at radius 2 is 0.867 bits per heavy atom. The van der Waals surface area contributed by atoms with Gasteiger partial charge in [0.05, 0.1) is 16.7 Å². The zero-order valence-corrected chi connectivity index (χ0v) is 25.5. The number of nitrogens with zero attached hydrogens (tertiary/aromatic N) is 1. The van der Waals surface area contributed by atoms with E-state index in [1.54, 1.807) is 0 Å². The Morgan fingerprint density at radius 1 is 0.356 bits per heavy atom. The number of thiophene rings is 2. The molecule has 0 amide bonds. The van der Waals surface area contributed by atoms with Gasteiger partial charge in [-0.05, 0) is 58.0 Å². The van der Waals surface area contributed by atoms with Crippen molar-refractivity contribution in [3.05, 3.63) is 127 Å². The molecular formula is C42H21NS2. The molecule has 0 bridgehead atoms. The first kappa shape index (κ1) is 23.2. The van der Waals surface area contributed by atoms with Crippen LogP contribution in [0.4, 0.5) is 0 Å². The standard InChI is InChI=1S/C42H21NS2/c1-2-9-23-22(8-1)26-12-7-13-28-33(19-18-27(23)38(26)28)43-34-20-31-24-10-3-5-14-36(24)44-41(31)29-16-17-30-40(39(29)34)35(43)21-32-25-11-4-6-15-37(25)45-42(30)32/h1-21H. The average Bonchev–Trinajstić information content (AvgIpc) is 3.83. The normalized spacial score (nSPS) is 12.9. The van der Waals surface area contributed by atoms with Crippen molar-refractivity contribution in [1.82, 2.24) is 4.57 Å². The molecule has 1 aliphatic rings. The van der Waals surface area contributed by atoms with Gasteiger partial charge in [-0.3, -0.25) is 0 Å². The van der Waals surface area contributed by atoms with Crippen LogP contribution in [0.1, 0.15) is 0 Å². The molecule has 3 heteroatoms. The maximum absolute atomic E-state index is 2.59. The molecule has 3 heterocycles. The van der Waals surface area contributed by atoms with E-state index in [-0.39, 0.29) is 0 Å². The fourth-order valence-electron chi connectivity index (χ4n) is 8.48. The van der Waals surface area contributed by atoms with Crippen LogP contribution in [-0.2, 0) is 0 Å². The van der Waals surface area contributed by atoms with Gasteiger partial charge < -0.3 is 4.57 Å². The van der Waals surface area contributed by atoms with E-state index < -0.39 is 0 Å². The van der Waals surface area contributed by atoms with Gasteiger partial charge in [0, 0.05) is 67.3 Å². The van der Waals surface area contributed by atoms with Crippen LogP contribution in [0.15, 0.2) is 127 Å².